The first-order valence-electron chi connectivity index (χ1n) is 9.32. The smallest absolute Gasteiger partial charge is 0.342 e. The maximum absolute atomic E-state index is 12.5. The molecule has 1 fully saturated rings. The molecular weight excluding hydrogens is 350 g/mol. The molecule has 8 heteroatoms. The third-order valence-corrected chi connectivity index (χ3v) is 4.64. The molecule has 0 bridgehead atoms. The number of aromatic nitrogens is 2. The van der Waals surface area contributed by atoms with Crippen molar-refractivity contribution in [2.45, 2.75) is 40.5 Å². The number of esters is 2. The van der Waals surface area contributed by atoms with E-state index in [1.807, 2.05) is 4.90 Å². The fourth-order valence-electron chi connectivity index (χ4n) is 3.50. The minimum atomic E-state index is -0.457. The monoisotopic (exact) mass is 375 g/mol. The van der Waals surface area contributed by atoms with Crippen LogP contribution in [0.15, 0.2) is 4.42 Å². The maximum atomic E-state index is 12.5. The van der Waals surface area contributed by atoms with Gasteiger partial charge in [-0.3, -0.25) is 4.79 Å². The molecule has 0 unspecified atom stereocenters. The number of carbonyl (C=O) groups excluding carboxylic acids is 2. The fraction of sp³-hybridized carbons (Fsp3) is 0.579. The van der Waals surface area contributed by atoms with Crippen molar-refractivity contribution in [2.24, 2.45) is 5.92 Å². The van der Waals surface area contributed by atoms with Crippen molar-refractivity contribution < 1.29 is 23.5 Å². The molecule has 0 spiro atoms. The number of anilines is 1. The summed E-state index contributed by atoms with van der Waals surface area (Å²) in [6.07, 6.45) is 1.61. The van der Waals surface area contributed by atoms with Gasteiger partial charge in [0.1, 0.15) is 23.0 Å². The van der Waals surface area contributed by atoms with Crippen LogP contribution >= 0.6 is 0 Å². The Morgan fingerprint density at radius 2 is 1.93 bits per heavy atom. The van der Waals surface area contributed by atoms with Crippen molar-refractivity contribution in [3.05, 3.63) is 17.1 Å². The maximum Gasteiger partial charge on any atom is 0.342 e. The first-order valence-corrected chi connectivity index (χ1v) is 9.32. The Hall–Kier alpha value is -2.64. The molecule has 8 nitrogen and oxygen atoms in total. The zero-order valence-electron chi connectivity index (χ0n) is 16.2. The van der Waals surface area contributed by atoms with Crippen LogP contribution in [0.25, 0.3) is 11.1 Å². The Labute approximate surface area is 157 Å². The molecule has 0 saturated carbocycles. The van der Waals surface area contributed by atoms with Crippen molar-refractivity contribution in [3.63, 3.8) is 0 Å². The molecule has 0 radical (unpaired) electrons. The summed E-state index contributed by atoms with van der Waals surface area (Å²) >= 11 is 0. The van der Waals surface area contributed by atoms with Gasteiger partial charge in [-0.15, -0.1) is 0 Å². The first kappa shape index (κ1) is 19.1. The third-order valence-electron chi connectivity index (χ3n) is 4.64. The van der Waals surface area contributed by atoms with Gasteiger partial charge >= 0.3 is 11.9 Å². The number of rotatable bonds is 5. The van der Waals surface area contributed by atoms with Crippen LogP contribution in [-0.4, -0.2) is 48.2 Å². The lowest BCUT2D eigenvalue weighted by atomic mass is 9.98. The minimum Gasteiger partial charge on any atom is -0.466 e. The first-order chi connectivity index (χ1) is 13.0. The van der Waals surface area contributed by atoms with Crippen molar-refractivity contribution in [1.82, 2.24) is 9.97 Å². The van der Waals surface area contributed by atoms with E-state index in [0.717, 1.165) is 19.4 Å². The van der Waals surface area contributed by atoms with Crippen LogP contribution < -0.4 is 4.90 Å². The van der Waals surface area contributed by atoms with Gasteiger partial charge in [0.25, 0.3) is 0 Å². The highest BCUT2D eigenvalue weighted by Gasteiger charge is 2.31. The van der Waals surface area contributed by atoms with Gasteiger partial charge < -0.3 is 18.8 Å². The topological polar surface area (TPSA) is 94.8 Å². The van der Waals surface area contributed by atoms with E-state index < -0.39 is 5.97 Å². The van der Waals surface area contributed by atoms with Gasteiger partial charge in [0.2, 0.25) is 5.71 Å². The van der Waals surface area contributed by atoms with Crippen molar-refractivity contribution in [3.8, 4) is 0 Å². The number of aryl methyl sites for hydroxylation is 2. The van der Waals surface area contributed by atoms with Crippen LogP contribution in [0.3, 0.4) is 0 Å². The predicted octanol–water partition coefficient (Wildman–Crippen LogP) is 2.80. The van der Waals surface area contributed by atoms with E-state index in [4.69, 9.17) is 13.9 Å². The molecule has 27 heavy (non-hydrogen) atoms. The lowest BCUT2D eigenvalue weighted by molar-refractivity contribution is -0.148. The lowest BCUT2D eigenvalue weighted by Crippen LogP contribution is -2.40. The summed E-state index contributed by atoms with van der Waals surface area (Å²) in [5.41, 5.74) is 0.705. The summed E-state index contributed by atoms with van der Waals surface area (Å²) in [6, 6.07) is 0. The number of piperidine rings is 1. The van der Waals surface area contributed by atoms with Gasteiger partial charge in [-0.1, -0.05) is 0 Å². The van der Waals surface area contributed by atoms with E-state index in [9.17, 15) is 9.59 Å². The summed E-state index contributed by atoms with van der Waals surface area (Å²) in [4.78, 5) is 35.6. The number of hydrogen-bond acceptors (Lipinski definition) is 8. The van der Waals surface area contributed by atoms with Crippen LogP contribution in [-0.2, 0) is 14.3 Å². The van der Waals surface area contributed by atoms with Gasteiger partial charge in [0.05, 0.1) is 24.5 Å². The van der Waals surface area contributed by atoms with Crippen molar-refractivity contribution >= 4 is 28.9 Å². The van der Waals surface area contributed by atoms with Crippen LogP contribution in [0.5, 0.6) is 0 Å². The second-order valence-electron chi connectivity index (χ2n) is 6.57. The minimum absolute atomic E-state index is 0.196. The van der Waals surface area contributed by atoms with E-state index in [-0.39, 0.29) is 18.5 Å². The van der Waals surface area contributed by atoms with Gasteiger partial charge in [-0.05, 0) is 40.5 Å². The predicted molar refractivity (Wildman–Crippen MR) is 98.8 cm³/mol. The molecular formula is C19H25N3O5. The molecule has 1 atom stereocenters. The number of furan rings is 1. The van der Waals surface area contributed by atoms with Gasteiger partial charge in [-0.25, -0.2) is 9.78 Å². The van der Waals surface area contributed by atoms with Gasteiger partial charge in [0, 0.05) is 13.1 Å². The standard InChI is InChI=1S/C19H25N3O5/c1-5-25-18(23)13-8-7-9-22(10-13)16-15-14(19(24)26-6-2)11(3)27-17(15)21-12(4)20-16/h13H,5-10H2,1-4H3/t13-/m0/s1. The number of fused-ring (bicyclic) bond motifs is 1. The van der Waals surface area contributed by atoms with Crippen molar-refractivity contribution in [2.75, 3.05) is 31.2 Å². The quantitative estimate of drug-likeness (QED) is 0.736. The molecule has 0 N–H and O–H groups in total. The molecule has 0 aromatic carbocycles. The van der Waals surface area contributed by atoms with E-state index >= 15 is 0 Å². The summed E-state index contributed by atoms with van der Waals surface area (Å²) in [6.45, 7) is 8.89. The molecule has 2 aromatic rings. The van der Waals surface area contributed by atoms with Crippen molar-refractivity contribution in [1.29, 1.82) is 0 Å². The van der Waals surface area contributed by atoms with E-state index in [1.165, 1.54) is 0 Å². The lowest BCUT2D eigenvalue weighted by Gasteiger charge is -2.32. The molecule has 2 aromatic heterocycles. The molecule has 1 aliphatic rings. The summed E-state index contributed by atoms with van der Waals surface area (Å²) < 4.78 is 16.1. The van der Waals surface area contributed by atoms with E-state index in [1.54, 1.807) is 27.7 Å². The van der Waals surface area contributed by atoms with Crippen LogP contribution in [0.2, 0.25) is 0 Å². The third kappa shape index (κ3) is 3.74. The Morgan fingerprint density at radius 3 is 2.63 bits per heavy atom. The molecule has 3 heterocycles. The van der Waals surface area contributed by atoms with Gasteiger partial charge in [-0.2, -0.15) is 4.98 Å². The second kappa shape index (κ2) is 7.94. The van der Waals surface area contributed by atoms with E-state index in [0.29, 0.717) is 47.2 Å². The van der Waals surface area contributed by atoms with Crippen LogP contribution in [0.4, 0.5) is 5.82 Å². The van der Waals surface area contributed by atoms with Crippen LogP contribution in [0.1, 0.15) is 48.6 Å². The highest BCUT2D eigenvalue weighted by Crippen LogP contribution is 2.34. The summed E-state index contributed by atoms with van der Waals surface area (Å²) in [5, 5.41) is 0.543. The molecule has 1 saturated heterocycles. The fourth-order valence-corrected chi connectivity index (χ4v) is 3.50. The largest absolute Gasteiger partial charge is 0.466 e. The normalized spacial score (nSPS) is 17.2. The number of hydrogen-bond donors (Lipinski definition) is 0. The zero-order valence-corrected chi connectivity index (χ0v) is 16.2. The average molecular weight is 375 g/mol. The Bertz CT molecular complexity index is 861. The summed E-state index contributed by atoms with van der Waals surface area (Å²) in [7, 11) is 0. The number of ether oxygens (including phenoxy) is 2. The highest BCUT2D eigenvalue weighted by molar-refractivity contribution is 6.08. The molecule has 3 rings (SSSR count). The average Bonchev–Trinajstić information content (AvgIpc) is 2.97. The molecule has 146 valence electrons. The molecule has 1 aliphatic heterocycles. The molecule has 0 aliphatic carbocycles. The Morgan fingerprint density at radius 1 is 1.19 bits per heavy atom. The summed E-state index contributed by atoms with van der Waals surface area (Å²) in [5.74, 6) is 0.720. The molecule has 0 amide bonds. The highest BCUT2D eigenvalue weighted by atomic mass is 16.5. The number of carbonyl (C=O) groups is 2. The zero-order chi connectivity index (χ0) is 19.6. The SMILES string of the molecule is CCOC(=O)c1c(C)oc2nc(C)nc(N3CCC[C@H](C(=O)OCC)C3)c12. The number of nitrogens with zero attached hydrogens (tertiary/aromatic N) is 3. The second-order valence-corrected chi connectivity index (χ2v) is 6.57. The Balaban J connectivity index is 2.05. The van der Waals surface area contributed by atoms with Crippen LogP contribution in [0, 0.1) is 19.8 Å². The Kier molecular flexibility index (Phi) is 5.62. The van der Waals surface area contributed by atoms with E-state index in [2.05, 4.69) is 9.97 Å². The van der Waals surface area contributed by atoms with Gasteiger partial charge in [0.15, 0.2) is 0 Å².